The summed E-state index contributed by atoms with van der Waals surface area (Å²) in [6.07, 6.45) is 4.32. The van der Waals surface area contributed by atoms with Crippen LogP contribution in [0.4, 0.5) is 5.13 Å². The first-order chi connectivity index (χ1) is 13.1. The number of fused-ring (bicyclic) bond motifs is 1. The number of nitrogens with zero attached hydrogens (tertiary/aromatic N) is 2. The molecule has 1 saturated heterocycles. The topological polar surface area (TPSA) is 45.2 Å². The average molecular weight is 406 g/mol. The Labute approximate surface area is 171 Å². The third-order valence-corrected chi connectivity index (χ3v) is 7.33. The van der Waals surface area contributed by atoms with E-state index in [-0.39, 0.29) is 11.8 Å². The molecule has 0 spiro atoms. The standard InChI is InChI=1S/C21H31N3OS2/c1-4-10-26-11-6-8-22-20(25)17-7-5-9-24(14-17)21-23-19-16(3)12-15(2)13-18(19)27-21/h12-13,17H,4-11,14H2,1-3H3,(H,22,25). The van der Waals surface area contributed by atoms with Gasteiger partial charge < -0.3 is 10.2 Å². The fraction of sp³-hybridized carbons (Fsp3) is 0.619. The van der Waals surface area contributed by atoms with Gasteiger partial charge in [0.1, 0.15) is 0 Å². The minimum Gasteiger partial charge on any atom is -0.356 e. The summed E-state index contributed by atoms with van der Waals surface area (Å²) in [7, 11) is 0. The molecule has 2 aromatic rings. The third-order valence-electron chi connectivity index (χ3n) is 4.99. The SMILES string of the molecule is CCCSCCCNC(=O)C1CCCN(c2nc3c(C)cc(C)cc3s2)C1. The van der Waals surface area contributed by atoms with Crippen LogP contribution < -0.4 is 10.2 Å². The maximum absolute atomic E-state index is 12.6. The molecule has 2 heterocycles. The molecule has 1 aromatic heterocycles. The molecule has 1 aromatic carbocycles. The smallest absolute Gasteiger partial charge is 0.224 e. The number of thiazole rings is 1. The zero-order valence-electron chi connectivity index (χ0n) is 16.7. The van der Waals surface area contributed by atoms with Gasteiger partial charge in [-0.15, -0.1) is 0 Å². The van der Waals surface area contributed by atoms with Gasteiger partial charge in [-0.3, -0.25) is 4.79 Å². The Morgan fingerprint density at radius 3 is 3.04 bits per heavy atom. The third kappa shape index (κ3) is 5.38. The van der Waals surface area contributed by atoms with Crippen molar-refractivity contribution in [3.63, 3.8) is 0 Å². The summed E-state index contributed by atoms with van der Waals surface area (Å²) in [5.41, 5.74) is 3.62. The number of amides is 1. The van der Waals surface area contributed by atoms with Crippen molar-refractivity contribution in [1.29, 1.82) is 0 Å². The van der Waals surface area contributed by atoms with Crippen LogP contribution in [0.5, 0.6) is 0 Å². The van der Waals surface area contributed by atoms with Crippen LogP contribution in [0.3, 0.4) is 0 Å². The molecule has 148 valence electrons. The van der Waals surface area contributed by atoms with Crippen molar-refractivity contribution in [2.75, 3.05) is 36.0 Å². The first-order valence-electron chi connectivity index (χ1n) is 10.1. The Bertz CT molecular complexity index is 774. The number of hydrogen-bond donors (Lipinski definition) is 1. The minimum absolute atomic E-state index is 0.0805. The summed E-state index contributed by atoms with van der Waals surface area (Å²) in [6.45, 7) is 9.05. The van der Waals surface area contributed by atoms with E-state index < -0.39 is 0 Å². The van der Waals surface area contributed by atoms with E-state index in [1.807, 2.05) is 11.8 Å². The number of hydrogen-bond acceptors (Lipinski definition) is 5. The highest BCUT2D eigenvalue weighted by Crippen LogP contribution is 2.33. The number of benzene rings is 1. The van der Waals surface area contributed by atoms with Crippen LogP contribution in [0.15, 0.2) is 12.1 Å². The van der Waals surface area contributed by atoms with Gasteiger partial charge in [0.05, 0.1) is 16.1 Å². The highest BCUT2D eigenvalue weighted by molar-refractivity contribution is 7.99. The summed E-state index contributed by atoms with van der Waals surface area (Å²) in [6, 6.07) is 4.41. The van der Waals surface area contributed by atoms with Crippen molar-refractivity contribution in [1.82, 2.24) is 10.3 Å². The van der Waals surface area contributed by atoms with E-state index in [1.165, 1.54) is 28.0 Å². The highest BCUT2D eigenvalue weighted by Gasteiger charge is 2.27. The first kappa shape index (κ1) is 20.5. The number of aromatic nitrogens is 1. The predicted molar refractivity (Wildman–Crippen MR) is 119 cm³/mol. The maximum atomic E-state index is 12.6. The monoisotopic (exact) mass is 405 g/mol. The molecule has 0 bridgehead atoms. The fourth-order valence-corrected chi connectivity index (χ4v) is 5.65. The van der Waals surface area contributed by atoms with Crippen molar-refractivity contribution in [3.8, 4) is 0 Å². The van der Waals surface area contributed by atoms with Crippen LogP contribution >= 0.6 is 23.1 Å². The lowest BCUT2D eigenvalue weighted by Crippen LogP contribution is -2.43. The number of aryl methyl sites for hydroxylation is 2. The quantitative estimate of drug-likeness (QED) is 0.642. The summed E-state index contributed by atoms with van der Waals surface area (Å²) in [5, 5.41) is 4.21. The number of anilines is 1. The number of nitrogens with one attached hydrogen (secondary N) is 1. The molecular weight excluding hydrogens is 374 g/mol. The lowest BCUT2D eigenvalue weighted by molar-refractivity contribution is -0.125. The number of rotatable bonds is 8. The summed E-state index contributed by atoms with van der Waals surface area (Å²) in [5.74, 6) is 2.65. The van der Waals surface area contributed by atoms with Gasteiger partial charge in [0.2, 0.25) is 5.91 Å². The predicted octanol–water partition coefficient (Wildman–Crippen LogP) is 4.78. The molecule has 4 nitrogen and oxygen atoms in total. The van der Waals surface area contributed by atoms with E-state index in [0.717, 1.165) is 55.3 Å². The zero-order chi connectivity index (χ0) is 19.2. The number of thioether (sulfide) groups is 1. The van der Waals surface area contributed by atoms with Crippen LogP contribution in [0, 0.1) is 19.8 Å². The molecule has 1 fully saturated rings. The number of carbonyl (C=O) groups excluding carboxylic acids is 1. The Morgan fingerprint density at radius 1 is 1.37 bits per heavy atom. The molecule has 1 atom stereocenters. The second-order valence-corrected chi connectivity index (χ2v) is 9.70. The van der Waals surface area contributed by atoms with Gasteiger partial charge in [-0.2, -0.15) is 11.8 Å². The molecule has 1 amide bonds. The average Bonchev–Trinajstić information content (AvgIpc) is 3.09. The van der Waals surface area contributed by atoms with Crippen molar-refractivity contribution in [2.45, 2.75) is 46.5 Å². The molecule has 1 aliphatic rings. The van der Waals surface area contributed by atoms with E-state index in [4.69, 9.17) is 4.98 Å². The molecule has 1 unspecified atom stereocenters. The van der Waals surface area contributed by atoms with E-state index in [0.29, 0.717) is 0 Å². The largest absolute Gasteiger partial charge is 0.356 e. The second kappa shape index (κ2) is 9.78. The van der Waals surface area contributed by atoms with E-state index >= 15 is 0 Å². The molecule has 6 heteroatoms. The Balaban J connectivity index is 1.56. The molecule has 0 radical (unpaired) electrons. The molecular formula is C21H31N3OS2. The molecule has 3 rings (SSSR count). The van der Waals surface area contributed by atoms with Gasteiger partial charge in [0, 0.05) is 19.6 Å². The lowest BCUT2D eigenvalue weighted by Gasteiger charge is -2.31. The van der Waals surface area contributed by atoms with Crippen molar-refractivity contribution < 1.29 is 4.79 Å². The fourth-order valence-electron chi connectivity index (χ4n) is 3.64. The van der Waals surface area contributed by atoms with Gasteiger partial charge in [-0.25, -0.2) is 4.98 Å². The number of piperidine rings is 1. The van der Waals surface area contributed by atoms with E-state index in [2.05, 4.69) is 43.1 Å². The van der Waals surface area contributed by atoms with E-state index in [1.54, 1.807) is 11.3 Å². The van der Waals surface area contributed by atoms with Gasteiger partial charge in [-0.1, -0.05) is 24.3 Å². The molecule has 1 N–H and O–H groups in total. The molecule has 1 aliphatic heterocycles. The van der Waals surface area contributed by atoms with Gasteiger partial charge >= 0.3 is 0 Å². The van der Waals surface area contributed by atoms with Crippen molar-refractivity contribution in [2.24, 2.45) is 5.92 Å². The number of carbonyl (C=O) groups is 1. The van der Waals surface area contributed by atoms with Crippen LogP contribution in [0.2, 0.25) is 0 Å². The summed E-state index contributed by atoms with van der Waals surface area (Å²) >= 11 is 3.73. The maximum Gasteiger partial charge on any atom is 0.224 e. The Kier molecular flexibility index (Phi) is 7.41. The lowest BCUT2D eigenvalue weighted by atomic mass is 9.97. The van der Waals surface area contributed by atoms with Crippen LogP contribution in [-0.4, -0.2) is 42.0 Å². The normalized spacial score (nSPS) is 17.4. The molecule has 27 heavy (non-hydrogen) atoms. The highest BCUT2D eigenvalue weighted by atomic mass is 32.2. The van der Waals surface area contributed by atoms with Gasteiger partial charge in [0.25, 0.3) is 0 Å². The summed E-state index contributed by atoms with van der Waals surface area (Å²) < 4.78 is 1.25. The second-order valence-electron chi connectivity index (χ2n) is 7.47. The zero-order valence-corrected chi connectivity index (χ0v) is 18.3. The molecule has 0 aliphatic carbocycles. The Morgan fingerprint density at radius 2 is 2.22 bits per heavy atom. The molecule has 0 saturated carbocycles. The van der Waals surface area contributed by atoms with Crippen molar-refractivity contribution >= 4 is 44.4 Å². The Hall–Kier alpha value is -1.27. The minimum atomic E-state index is 0.0805. The van der Waals surface area contributed by atoms with Crippen LogP contribution in [0.25, 0.3) is 10.2 Å². The van der Waals surface area contributed by atoms with Crippen molar-refractivity contribution in [3.05, 3.63) is 23.3 Å². The summed E-state index contributed by atoms with van der Waals surface area (Å²) in [4.78, 5) is 19.8. The van der Waals surface area contributed by atoms with Crippen LogP contribution in [0.1, 0.15) is 43.7 Å². The van der Waals surface area contributed by atoms with Gasteiger partial charge in [0.15, 0.2) is 5.13 Å². The van der Waals surface area contributed by atoms with Crippen LogP contribution in [-0.2, 0) is 4.79 Å². The first-order valence-corrected chi connectivity index (χ1v) is 12.0. The van der Waals surface area contributed by atoms with Gasteiger partial charge in [-0.05, 0) is 68.2 Å². The van der Waals surface area contributed by atoms with E-state index in [9.17, 15) is 4.79 Å².